The van der Waals surface area contributed by atoms with Crippen molar-refractivity contribution >= 4 is 15.9 Å². The molecule has 0 saturated carbocycles. The van der Waals surface area contributed by atoms with E-state index in [1.165, 1.54) is 0 Å². The van der Waals surface area contributed by atoms with E-state index in [2.05, 4.69) is 10.0 Å². The van der Waals surface area contributed by atoms with Gasteiger partial charge in [-0.1, -0.05) is 30.3 Å². The van der Waals surface area contributed by atoms with Gasteiger partial charge in [-0.25, -0.2) is 13.1 Å². The molecule has 1 aliphatic rings. The summed E-state index contributed by atoms with van der Waals surface area (Å²) in [5, 5.41) is 2.79. The maximum atomic E-state index is 12.5. The van der Waals surface area contributed by atoms with Gasteiger partial charge in [0.2, 0.25) is 15.9 Å². The monoisotopic (exact) mass is 374 g/mol. The number of carbonyl (C=O) groups excluding carboxylic acids is 1. The highest BCUT2D eigenvalue weighted by Crippen LogP contribution is 2.24. The predicted molar refractivity (Wildman–Crippen MR) is 98.4 cm³/mol. The van der Waals surface area contributed by atoms with E-state index in [-0.39, 0.29) is 23.3 Å². The molecule has 7 heteroatoms. The van der Waals surface area contributed by atoms with E-state index < -0.39 is 10.0 Å². The summed E-state index contributed by atoms with van der Waals surface area (Å²) < 4.78 is 33.2. The van der Waals surface area contributed by atoms with Gasteiger partial charge in [0.05, 0.1) is 11.5 Å². The highest BCUT2D eigenvalue weighted by molar-refractivity contribution is 7.89. The summed E-state index contributed by atoms with van der Waals surface area (Å²) >= 11 is 0. The van der Waals surface area contributed by atoms with Crippen molar-refractivity contribution in [3.8, 4) is 5.75 Å². The Labute approximate surface area is 153 Å². The Morgan fingerprint density at radius 1 is 1.15 bits per heavy atom. The van der Waals surface area contributed by atoms with Crippen LogP contribution in [0.2, 0.25) is 0 Å². The van der Waals surface area contributed by atoms with Gasteiger partial charge in [0, 0.05) is 31.0 Å². The number of nitrogens with one attached hydrogen (secondary N) is 2. The average Bonchev–Trinajstić information content (AvgIpc) is 3.08. The van der Waals surface area contributed by atoms with Gasteiger partial charge in [0.1, 0.15) is 5.75 Å². The molecular formula is C19H22N2O4S. The standard InChI is InChI=1S/C19H22N2O4S/c1-2-25-18-6-4-3-5-15(18)13-21-26(23,24)17-9-7-14(8-10-17)16-11-19(22)20-12-16/h3-10,16,21H,2,11-13H2,1H3,(H,20,22)/t16-/m1/s1. The lowest BCUT2D eigenvalue weighted by Crippen LogP contribution is -2.23. The number of para-hydroxylation sites is 1. The van der Waals surface area contributed by atoms with Crippen LogP contribution >= 0.6 is 0 Å². The van der Waals surface area contributed by atoms with E-state index in [4.69, 9.17) is 4.74 Å². The quantitative estimate of drug-likeness (QED) is 0.778. The molecule has 0 unspecified atom stereocenters. The van der Waals surface area contributed by atoms with Crippen molar-refractivity contribution in [1.82, 2.24) is 10.0 Å². The van der Waals surface area contributed by atoms with Gasteiger partial charge in [-0.15, -0.1) is 0 Å². The molecule has 0 radical (unpaired) electrons. The summed E-state index contributed by atoms with van der Waals surface area (Å²) in [5.74, 6) is 0.804. The molecule has 0 spiro atoms. The minimum absolute atomic E-state index is 0.0290. The summed E-state index contributed by atoms with van der Waals surface area (Å²) in [6.07, 6.45) is 0.443. The summed E-state index contributed by atoms with van der Waals surface area (Å²) in [4.78, 5) is 11.5. The highest BCUT2D eigenvalue weighted by Gasteiger charge is 2.23. The number of rotatable bonds is 7. The minimum atomic E-state index is -3.63. The van der Waals surface area contributed by atoms with Crippen LogP contribution in [0, 0.1) is 0 Å². The molecule has 1 saturated heterocycles. The third-order valence-corrected chi connectivity index (χ3v) is 5.78. The molecule has 6 nitrogen and oxygen atoms in total. The molecule has 3 rings (SSSR count). The minimum Gasteiger partial charge on any atom is -0.494 e. The van der Waals surface area contributed by atoms with Crippen LogP contribution in [-0.2, 0) is 21.4 Å². The third-order valence-electron chi connectivity index (χ3n) is 4.36. The normalized spacial score (nSPS) is 17.1. The number of hydrogen-bond donors (Lipinski definition) is 2. The Balaban J connectivity index is 1.69. The maximum absolute atomic E-state index is 12.5. The maximum Gasteiger partial charge on any atom is 0.240 e. The molecule has 2 N–H and O–H groups in total. The van der Waals surface area contributed by atoms with Crippen molar-refractivity contribution < 1.29 is 17.9 Å². The Kier molecular flexibility index (Phi) is 5.58. The fourth-order valence-electron chi connectivity index (χ4n) is 2.96. The fraction of sp³-hybridized carbons (Fsp3) is 0.316. The zero-order chi connectivity index (χ0) is 18.6. The van der Waals surface area contributed by atoms with E-state index in [0.717, 1.165) is 11.1 Å². The molecule has 26 heavy (non-hydrogen) atoms. The molecule has 0 bridgehead atoms. The number of hydrogen-bond acceptors (Lipinski definition) is 4. The Bertz CT molecular complexity index is 879. The van der Waals surface area contributed by atoms with Crippen LogP contribution in [0.15, 0.2) is 53.4 Å². The summed E-state index contributed by atoms with van der Waals surface area (Å²) in [7, 11) is -3.63. The van der Waals surface area contributed by atoms with Crippen LogP contribution in [0.3, 0.4) is 0 Å². The average molecular weight is 374 g/mol. The molecule has 1 atom stereocenters. The molecule has 1 heterocycles. The van der Waals surface area contributed by atoms with Crippen LogP contribution in [0.4, 0.5) is 0 Å². The van der Waals surface area contributed by atoms with E-state index in [9.17, 15) is 13.2 Å². The van der Waals surface area contributed by atoms with Crippen LogP contribution in [0.1, 0.15) is 30.4 Å². The highest BCUT2D eigenvalue weighted by atomic mass is 32.2. The van der Waals surface area contributed by atoms with Crippen molar-refractivity contribution in [1.29, 1.82) is 0 Å². The summed E-state index contributed by atoms with van der Waals surface area (Å²) in [5.41, 5.74) is 1.74. The molecule has 0 aromatic heterocycles. The third kappa shape index (κ3) is 4.23. The molecule has 138 valence electrons. The van der Waals surface area contributed by atoms with Crippen molar-refractivity contribution in [2.75, 3.05) is 13.2 Å². The first-order chi connectivity index (χ1) is 12.5. The first kappa shape index (κ1) is 18.4. The molecule has 2 aromatic rings. The Hall–Kier alpha value is -2.38. The second-order valence-electron chi connectivity index (χ2n) is 6.14. The lowest BCUT2D eigenvalue weighted by atomic mass is 9.99. The second kappa shape index (κ2) is 7.88. The van der Waals surface area contributed by atoms with Gasteiger partial charge in [-0.3, -0.25) is 4.79 Å². The zero-order valence-corrected chi connectivity index (χ0v) is 15.4. The fourth-order valence-corrected chi connectivity index (χ4v) is 3.97. The lowest BCUT2D eigenvalue weighted by molar-refractivity contribution is -0.119. The first-order valence-corrected chi connectivity index (χ1v) is 10.0. The molecule has 1 aliphatic heterocycles. The second-order valence-corrected chi connectivity index (χ2v) is 7.91. The Morgan fingerprint density at radius 2 is 1.88 bits per heavy atom. The first-order valence-electron chi connectivity index (χ1n) is 8.56. The SMILES string of the molecule is CCOc1ccccc1CNS(=O)(=O)c1ccc([C@H]2CNC(=O)C2)cc1. The molecule has 1 amide bonds. The van der Waals surface area contributed by atoms with Gasteiger partial charge in [0.25, 0.3) is 0 Å². The van der Waals surface area contributed by atoms with Crippen LogP contribution < -0.4 is 14.8 Å². The number of ether oxygens (including phenoxy) is 1. The largest absolute Gasteiger partial charge is 0.494 e. The van der Waals surface area contributed by atoms with Crippen LogP contribution in [-0.4, -0.2) is 27.5 Å². The summed E-state index contributed by atoms with van der Waals surface area (Å²) in [6, 6.07) is 14.0. The van der Waals surface area contributed by atoms with Crippen LogP contribution in [0.5, 0.6) is 5.75 Å². The van der Waals surface area contributed by atoms with Crippen molar-refractivity contribution in [2.24, 2.45) is 0 Å². The number of sulfonamides is 1. The molecule has 2 aromatic carbocycles. The van der Waals surface area contributed by atoms with Crippen molar-refractivity contribution in [3.05, 3.63) is 59.7 Å². The molecular weight excluding hydrogens is 352 g/mol. The van der Waals surface area contributed by atoms with Gasteiger partial charge in [-0.2, -0.15) is 0 Å². The van der Waals surface area contributed by atoms with E-state index in [0.29, 0.717) is 25.3 Å². The Morgan fingerprint density at radius 3 is 2.54 bits per heavy atom. The molecule has 1 fully saturated rings. The number of amides is 1. The number of carbonyl (C=O) groups is 1. The van der Waals surface area contributed by atoms with Crippen LogP contribution in [0.25, 0.3) is 0 Å². The predicted octanol–water partition coefficient (Wildman–Crippen LogP) is 2.17. The van der Waals surface area contributed by atoms with Gasteiger partial charge >= 0.3 is 0 Å². The van der Waals surface area contributed by atoms with Crippen molar-refractivity contribution in [3.63, 3.8) is 0 Å². The topological polar surface area (TPSA) is 84.5 Å². The smallest absolute Gasteiger partial charge is 0.240 e. The van der Waals surface area contributed by atoms with Gasteiger partial charge in [-0.05, 0) is 30.7 Å². The lowest BCUT2D eigenvalue weighted by Gasteiger charge is -2.12. The van der Waals surface area contributed by atoms with Crippen molar-refractivity contribution in [2.45, 2.75) is 30.7 Å². The van der Waals surface area contributed by atoms with Gasteiger partial charge < -0.3 is 10.1 Å². The number of benzene rings is 2. The van der Waals surface area contributed by atoms with E-state index in [1.54, 1.807) is 24.3 Å². The summed E-state index contributed by atoms with van der Waals surface area (Å²) in [6.45, 7) is 3.15. The molecule has 0 aliphatic carbocycles. The van der Waals surface area contributed by atoms with E-state index >= 15 is 0 Å². The van der Waals surface area contributed by atoms with Gasteiger partial charge in [0.15, 0.2) is 0 Å². The zero-order valence-electron chi connectivity index (χ0n) is 14.6. The van der Waals surface area contributed by atoms with E-state index in [1.807, 2.05) is 31.2 Å².